The van der Waals surface area contributed by atoms with Crippen LogP contribution in [0.3, 0.4) is 0 Å². The highest BCUT2D eigenvalue weighted by molar-refractivity contribution is 8.13. The fraction of sp³-hybridized carbons (Fsp3) is 0.625. The molecule has 0 N–H and O–H groups in total. The van der Waals surface area contributed by atoms with Gasteiger partial charge in [0, 0.05) is 10.4 Å². The first-order valence-electron chi connectivity index (χ1n) is 3.28. The Morgan fingerprint density at radius 1 is 1.50 bits per heavy atom. The van der Waals surface area contributed by atoms with Crippen LogP contribution >= 0.6 is 11.8 Å². The first-order valence-corrected chi connectivity index (χ1v) is 4.15. The molecule has 0 spiro atoms. The van der Waals surface area contributed by atoms with Gasteiger partial charge in [-0.3, -0.25) is 4.99 Å². The third-order valence-electron chi connectivity index (χ3n) is 0.679. The van der Waals surface area contributed by atoms with Gasteiger partial charge in [-0.25, -0.2) is 0 Å². The van der Waals surface area contributed by atoms with Crippen molar-refractivity contribution in [2.24, 2.45) is 4.99 Å². The van der Waals surface area contributed by atoms with E-state index in [-0.39, 0.29) is 4.75 Å². The molecule has 0 radical (unpaired) electrons. The van der Waals surface area contributed by atoms with Gasteiger partial charge in [-0.1, -0.05) is 27.4 Å². The molecule has 0 aliphatic heterocycles. The number of allylic oxidation sites excluding steroid dienone is 1. The second kappa shape index (κ2) is 3.81. The van der Waals surface area contributed by atoms with Crippen LogP contribution in [0, 0.1) is 0 Å². The minimum Gasteiger partial charge on any atom is -0.255 e. The summed E-state index contributed by atoms with van der Waals surface area (Å²) in [6.07, 6.45) is 0. The van der Waals surface area contributed by atoms with E-state index in [2.05, 4.69) is 32.3 Å². The van der Waals surface area contributed by atoms with Crippen LogP contribution in [0.5, 0.6) is 0 Å². The van der Waals surface area contributed by atoms with Gasteiger partial charge in [0.05, 0.1) is 5.55 Å². The molecule has 0 heterocycles. The van der Waals surface area contributed by atoms with Crippen molar-refractivity contribution in [3.63, 3.8) is 0 Å². The fourth-order valence-electron chi connectivity index (χ4n) is 0.274. The second-order valence-electron chi connectivity index (χ2n) is 3.20. The standard InChI is InChI=1S/C8H15NS/c1-7(2)9-6-10-8(3,4)5/h6H,1H2,2-5H3. The van der Waals surface area contributed by atoms with Crippen molar-refractivity contribution in [3.8, 4) is 0 Å². The van der Waals surface area contributed by atoms with Crippen LogP contribution in [0.15, 0.2) is 17.3 Å². The van der Waals surface area contributed by atoms with Crippen LogP contribution in [0.2, 0.25) is 0 Å². The van der Waals surface area contributed by atoms with Gasteiger partial charge in [0.2, 0.25) is 0 Å². The smallest absolute Gasteiger partial charge is 0.0604 e. The molecule has 0 aliphatic carbocycles. The second-order valence-corrected chi connectivity index (χ2v) is 4.87. The third kappa shape index (κ3) is 7.76. The van der Waals surface area contributed by atoms with E-state index in [9.17, 15) is 0 Å². The number of hydrogen-bond acceptors (Lipinski definition) is 2. The molecule has 0 aromatic rings. The van der Waals surface area contributed by atoms with Crippen LogP contribution in [0.25, 0.3) is 0 Å². The summed E-state index contributed by atoms with van der Waals surface area (Å²) in [5.41, 5.74) is 2.71. The van der Waals surface area contributed by atoms with E-state index in [0.29, 0.717) is 0 Å². The van der Waals surface area contributed by atoms with Gasteiger partial charge in [0.1, 0.15) is 0 Å². The number of rotatable bonds is 2. The molecule has 0 fully saturated rings. The first kappa shape index (κ1) is 9.76. The lowest BCUT2D eigenvalue weighted by Crippen LogP contribution is -2.06. The summed E-state index contributed by atoms with van der Waals surface area (Å²) < 4.78 is 0.263. The summed E-state index contributed by atoms with van der Waals surface area (Å²) >= 11 is 1.71. The molecule has 0 bridgehead atoms. The third-order valence-corrected chi connectivity index (χ3v) is 1.60. The largest absolute Gasteiger partial charge is 0.255 e. The molecule has 0 rings (SSSR count). The van der Waals surface area contributed by atoms with Crippen molar-refractivity contribution in [1.82, 2.24) is 0 Å². The van der Waals surface area contributed by atoms with Gasteiger partial charge in [0.15, 0.2) is 0 Å². The molecular formula is C8H15NS. The predicted molar refractivity (Wildman–Crippen MR) is 50.7 cm³/mol. The molecule has 0 aromatic heterocycles. The Bertz CT molecular complexity index is 142. The lowest BCUT2D eigenvalue weighted by atomic mass is 10.3. The van der Waals surface area contributed by atoms with Gasteiger partial charge in [-0.15, -0.1) is 11.8 Å². The van der Waals surface area contributed by atoms with Crippen LogP contribution in [0.4, 0.5) is 0 Å². The van der Waals surface area contributed by atoms with E-state index >= 15 is 0 Å². The van der Waals surface area contributed by atoms with Crippen molar-refractivity contribution >= 4 is 17.3 Å². The summed E-state index contributed by atoms with van der Waals surface area (Å²) in [6.45, 7) is 12.0. The molecular weight excluding hydrogens is 142 g/mol. The highest BCUT2D eigenvalue weighted by atomic mass is 32.2. The lowest BCUT2D eigenvalue weighted by Gasteiger charge is -2.12. The minimum absolute atomic E-state index is 0.263. The van der Waals surface area contributed by atoms with Crippen molar-refractivity contribution in [2.75, 3.05) is 0 Å². The Hall–Kier alpha value is -0.240. The van der Waals surface area contributed by atoms with Crippen molar-refractivity contribution in [1.29, 1.82) is 0 Å². The topological polar surface area (TPSA) is 12.4 Å². The van der Waals surface area contributed by atoms with Crippen LogP contribution in [-0.4, -0.2) is 10.3 Å². The summed E-state index contributed by atoms with van der Waals surface area (Å²) in [7, 11) is 0. The summed E-state index contributed by atoms with van der Waals surface area (Å²) in [6, 6.07) is 0. The summed E-state index contributed by atoms with van der Waals surface area (Å²) in [5.74, 6) is 0. The molecule has 58 valence electrons. The molecule has 0 unspecified atom stereocenters. The quantitative estimate of drug-likeness (QED) is 0.443. The van der Waals surface area contributed by atoms with Gasteiger partial charge >= 0.3 is 0 Å². The summed E-state index contributed by atoms with van der Waals surface area (Å²) in [5, 5.41) is 0. The lowest BCUT2D eigenvalue weighted by molar-refractivity contribution is 0.809. The number of nitrogens with zero attached hydrogens (tertiary/aromatic N) is 1. The Balaban J connectivity index is 3.64. The van der Waals surface area contributed by atoms with E-state index in [0.717, 1.165) is 5.70 Å². The average molecular weight is 157 g/mol. The molecule has 10 heavy (non-hydrogen) atoms. The molecule has 0 aliphatic rings. The van der Waals surface area contributed by atoms with E-state index in [1.807, 2.05) is 12.5 Å². The van der Waals surface area contributed by atoms with Crippen molar-refractivity contribution in [3.05, 3.63) is 12.3 Å². The maximum absolute atomic E-state index is 4.05. The van der Waals surface area contributed by atoms with Gasteiger partial charge in [0.25, 0.3) is 0 Å². The average Bonchev–Trinajstić information content (AvgIpc) is 1.59. The molecule has 1 nitrogen and oxygen atoms in total. The zero-order valence-corrected chi connectivity index (χ0v) is 7.96. The first-order chi connectivity index (χ1) is 4.42. The summed E-state index contributed by atoms with van der Waals surface area (Å²) in [4.78, 5) is 4.05. The van der Waals surface area contributed by atoms with Crippen LogP contribution < -0.4 is 0 Å². The van der Waals surface area contributed by atoms with E-state index < -0.39 is 0 Å². The Morgan fingerprint density at radius 3 is 2.30 bits per heavy atom. The monoisotopic (exact) mass is 157 g/mol. The number of aliphatic imine (C=N–C) groups is 1. The molecule has 0 atom stereocenters. The van der Waals surface area contributed by atoms with Crippen LogP contribution in [0.1, 0.15) is 27.7 Å². The normalized spacial score (nSPS) is 12.4. The fourth-order valence-corrected chi connectivity index (χ4v) is 0.823. The highest BCUT2D eigenvalue weighted by Crippen LogP contribution is 2.20. The van der Waals surface area contributed by atoms with E-state index in [4.69, 9.17) is 0 Å². The Labute approximate surface area is 67.6 Å². The van der Waals surface area contributed by atoms with Gasteiger partial charge in [-0.05, 0) is 6.92 Å². The number of thioether (sulfide) groups is 1. The van der Waals surface area contributed by atoms with Crippen molar-refractivity contribution in [2.45, 2.75) is 32.4 Å². The van der Waals surface area contributed by atoms with E-state index in [1.54, 1.807) is 11.8 Å². The predicted octanol–water partition coefficient (Wildman–Crippen LogP) is 3.08. The SMILES string of the molecule is C=C(C)N=CSC(C)(C)C. The molecule has 0 saturated heterocycles. The maximum Gasteiger partial charge on any atom is 0.0604 e. The zero-order chi connectivity index (χ0) is 8.20. The Kier molecular flexibility index (Phi) is 3.72. The highest BCUT2D eigenvalue weighted by Gasteiger charge is 2.07. The molecule has 0 saturated carbocycles. The molecule has 0 aromatic carbocycles. The molecule has 2 heteroatoms. The molecule has 0 amide bonds. The van der Waals surface area contributed by atoms with Gasteiger partial charge in [-0.2, -0.15) is 0 Å². The number of hydrogen-bond donors (Lipinski definition) is 0. The Morgan fingerprint density at radius 2 is 2.00 bits per heavy atom. The minimum atomic E-state index is 0.263. The van der Waals surface area contributed by atoms with E-state index in [1.165, 1.54) is 0 Å². The van der Waals surface area contributed by atoms with Crippen LogP contribution in [-0.2, 0) is 0 Å². The van der Waals surface area contributed by atoms with Gasteiger partial charge < -0.3 is 0 Å². The maximum atomic E-state index is 4.05. The zero-order valence-electron chi connectivity index (χ0n) is 7.14. The van der Waals surface area contributed by atoms with Crippen molar-refractivity contribution < 1.29 is 0 Å².